The van der Waals surface area contributed by atoms with Crippen LogP contribution in [0.2, 0.25) is 0 Å². The molecule has 1 nitrogen and oxygen atoms in total. The van der Waals surface area contributed by atoms with Crippen LogP contribution in [0.15, 0.2) is 18.2 Å². The second-order valence-corrected chi connectivity index (χ2v) is 5.89. The second kappa shape index (κ2) is 4.67. The van der Waals surface area contributed by atoms with Crippen molar-refractivity contribution in [1.29, 1.82) is 0 Å². The Kier molecular flexibility index (Phi) is 3.96. The smallest absolute Gasteiger partial charge is 0.0886 e. The normalized spacial score (nSPS) is 14.0. The van der Waals surface area contributed by atoms with Crippen LogP contribution in [0.5, 0.6) is 0 Å². The molecule has 1 aromatic carbocycles. The Hall–Kier alpha value is -0.340. The highest BCUT2D eigenvalue weighted by atomic mass is 79.9. The molecule has 15 heavy (non-hydrogen) atoms. The van der Waals surface area contributed by atoms with Gasteiger partial charge in [0.05, 0.1) is 4.95 Å². The number of hydrogen-bond acceptors (Lipinski definition) is 1. The van der Waals surface area contributed by atoms with Crippen LogP contribution in [-0.2, 0) is 5.41 Å². The Bertz CT molecular complexity index is 339. The first-order valence-corrected chi connectivity index (χ1v) is 6.20. The predicted molar refractivity (Wildman–Crippen MR) is 70.6 cm³/mol. The first-order valence-electron chi connectivity index (χ1n) is 5.28. The van der Waals surface area contributed by atoms with Gasteiger partial charge in [-0.25, -0.2) is 0 Å². The number of benzene rings is 1. The zero-order valence-electron chi connectivity index (χ0n) is 10.2. The van der Waals surface area contributed by atoms with Crippen LogP contribution in [-0.4, -0.2) is 7.05 Å². The van der Waals surface area contributed by atoms with Crippen molar-refractivity contribution >= 4 is 15.9 Å². The van der Waals surface area contributed by atoms with Gasteiger partial charge < -0.3 is 5.32 Å². The van der Waals surface area contributed by atoms with E-state index in [1.54, 1.807) is 0 Å². The monoisotopic (exact) mass is 269 g/mol. The van der Waals surface area contributed by atoms with Gasteiger partial charge in [0, 0.05) is 0 Å². The van der Waals surface area contributed by atoms with Gasteiger partial charge in [0.2, 0.25) is 0 Å². The van der Waals surface area contributed by atoms with Gasteiger partial charge in [0.1, 0.15) is 0 Å². The van der Waals surface area contributed by atoms with Gasteiger partial charge in [-0.1, -0.05) is 54.9 Å². The number of aryl methyl sites for hydroxylation is 1. The van der Waals surface area contributed by atoms with E-state index in [9.17, 15) is 0 Å². The van der Waals surface area contributed by atoms with Crippen LogP contribution >= 0.6 is 15.9 Å². The van der Waals surface area contributed by atoms with E-state index < -0.39 is 0 Å². The Balaban J connectivity index is 3.17. The topological polar surface area (TPSA) is 12.0 Å². The largest absolute Gasteiger partial charge is 0.304 e. The summed E-state index contributed by atoms with van der Waals surface area (Å²) in [5.74, 6) is 0. The number of rotatable bonds is 2. The lowest BCUT2D eigenvalue weighted by atomic mass is 9.85. The molecule has 0 saturated carbocycles. The molecule has 0 aliphatic heterocycles. The summed E-state index contributed by atoms with van der Waals surface area (Å²) in [6.07, 6.45) is 0. The Morgan fingerprint density at radius 3 is 2.33 bits per heavy atom. The molecule has 0 bridgehead atoms. The van der Waals surface area contributed by atoms with Gasteiger partial charge in [-0.2, -0.15) is 0 Å². The first-order chi connectivity index (χ1) is 6.86. The van der Waals surface area contributed by atoms with Crippen LogP contribution in [0.3, 0.4) is 0 Å². The van der Waals surface area contributed by atoms with Crippen molar-refractivity contribution < 1.29 is 0 Å². The third-order valence-corrected chi connectivity index (χ3v) is 3.62. The molecular weight excluding hydrogens is 250 g/mol. The minimum absolute atomic E-state index is 0.211. The molecule has 1 atom stereocenters. The molecule has 1 aromatic rings. The van der Waals surface area contributed by atoms with Gasteiger partial charge in [0.25, 0.3) is 0 Å². The minimum Gasteiger partial charge on any atom is -0.304 e. The molecule has 0 saturated heterocycles. The van der Waals surface area contributed by atoms with Gasteiger partial charge >= 0.3 is 0 Å². The van der Waals surface area contributed by atoms with E-state index >= 15 is 0 Å². The highest BCUT2D eigenvalue weighted by molar-refractivity contribution is 9.09. The third kappa shape index (κ3) is 3.05. The molecule has 0 radical (unpaired) electrons. The van der Waals surface area contributed by atoms with Gasteiger partial charge in [-0.3, -0.25) is 0 Å². The number of hydrogen-bond donors (Lipinski definition) is 1. The molecule has 0 spiro atoms. The lowest BCUT2D eigenvalue weighted by Crippen LogP contribution is -2.15. The van der Waals surface area contributed by atoms with Crippen LogP contribution in [0.1, 0.15) is 42.4 Å². The zero-order chi connectivity index (χ0) is 11.6. The van der Waals surface area contributed by atoms with Crippen molar-refractivity contribution in [2.45, 2.75) is 38.1 Å². The number of halogens is 1. The average Bonchev–Trinajstić information content (AvgIpc) is 2.15. The summed E-state index contributed by atoms with van der Waals surface area (Å²) >= 11 is 3.63. The first kappa shape index (κ1) is 12.7. The van der Waals surface area contributed by atoms with E-state index in [2.05, 4.69) is 67.1 Å². The Morgan fingerprint density at radius 2 is 1.87 bits per heavy atom. The molecule has 1 N–H and O–H groups in total. The third-order valence-electron chi connectivity index (χ3n) is 2.67. The standard InChI is InChI=1S/C13H20BrN/c1-9-6-7-10(13(2,3)4)8-11(9)12(14)15-5/h6-8,12,15H,1-5H3. The molecule has 0 aliphatic rings. The van der Waals surface area contributed by atoms with Crippen molar-refractivity contribution in [3.63, 3.8) is 0 Å². The van der Waals surface area contributed by atoms with E-state index in [0.29, 0.717) is 0 Å². The molecule has 2 heteroatoms. The molecule has 84 valence electrons. The molecule has 0 heterocycles. The Labute approximate surface area is 101 Å². The van der Waals surface area contributed by atoms with E-state index in [1.807, 2.05) is 7.05 Å². The second-order valence-electron chi connectivity index (χ2n) is 4.97. The number of alkyl halides is 1. The van der Waals surface area contributed by atoms with Crippen LogP contribution in [0.25, 0.3) is 0 Å². The predicted octanol–water partition coefficient (Wildman–Crippen LogP) is 3.91. The molecule has 0 fully saturated rings. The number of nitrogens with one attached hydrogen (secondary N) is 1. The summed E-state index contributed by atoms with van der Waals surface area (Å²) in [5.41, 5.74) is 4.23. The SMILES string of the molecule is CNC(Br)c1cc(C(C)(C)C)ccc1C. The molecule has 0 amide bonds. The molecule has 0 aliphatic carbocycles. The van der Waals surface area contributed by atoms with E-state index in [-0.39, 0.29) is 10.4 Å². The van der Waals surface area contributed by atoms with Gasteiger partial charge in [0.15, 0.2) is 0 Å². The quantitative estimate of drug-likeness (QED) is 0.634. The highest BCUT2D eigenvalue weighted by Gasteiger charge is 2.16. The average molecular weight is 270 g/mol. The summed E-state index contributed by atoms with van der Waals surface area (Å²) in [6, 6.07) is 6.70. The fourth-order valence-electron chi connectivity index (χ4n) is 1.54. The molecule has 0 aromatic heterocycles. The lowest BCUT2D eigenvalue weighted by Gasteiger charge is -2.22. The van der Waals surface area contributed by atoms with E-state index in [4.69, 9.17) is 0 Å². The van der Waals surface area contributed by atoms with Crippen LogP contribution in [0, 0.1) is 6.92 Å². The van der Waals surface area contributed by atoms with Crippen molar-refractivity contribution in [2.75, 3.05) is 7.05 Å². The van der Waals surface area contributed by atoms with Crippen LogP contribution in [0.4, 0.5) is 0 Å². The molecule has 1 unspecified atom stereocenters. The summed E-state index contributed by atoms with van der Waals surface area (Å²) in [4.78, 5) is 0.236. The van der Waals surface area contributed by atoms with Gasteiger partial charge in [-0.15, -0.1) is 0 Å². The summed E-state index contributed by atoms with van der Waals surface area (Å²) < 4.78 is 0. The molecular formula is C13H20BrN. The van der Waals surface area contributed by atoms with E-state index in [0.717, 1.165) is 0 Å². The fourth-order valence-corrected chi connectivity index (χ4v) is 2.03. The maximum Gasteiger partial charge on any atom is 0.0886 e. The van der Waals surface area contributed by atoms with E-state index in [1.165, 1.54) is 16.7 Å². The maximum atomic E-state index is 3.63. The van der Waals surface area contributed by atoms with Crippen LogP contribution < -0.4 is 5.32 Å². The fraction of sp³-hybridized carbons (Fsp3) is 0.538. The maximum absolute atomic E-state index is 3.63. The lowest BCUT2D eigenvalue weighted by molar-refractivity contribution is 0.588. The van der Waals surface area contributed by atoms with Crippen molar-refractivity contribution in [3.05, 3.63) is 34.9 Å². The van der Waals surface area contributed by atoms with Crippen molar-refractivity contribution in [2.24, 2.45) is 0 Å². The minimum atomic E-state index is 0.211. The van der Waals surface area contributed by atoms with Crippen molar-refractivity contribution in [3.8, 4) is 0 Å². The summed E-state index contributed by atoms with van der Waals surface area (Å²) in [7, 11) is 1.96. The molecule has 1 rings (SSSR count). The summed E-state index contributed by atoms with van der Waals surface area (Å²) in [6.45, 7) is 8.87. The zero-order valence-corrected chi connectivity index (χ0v) is 11.8. The summed E-state index contributed by atoms with van der Waals surface area (Å²) in [5, 5.41) is 3.22. The van der Waals surface area contributed by atoms with Crippen molar-refractivity contribution in [1.82, 2.24) is 5.32 Å². The highest BCUT2D eigenvalue weighted by Crippen LogP contribution is 2.29. The Morgan fingerprint density at radius 1 is 1.27 bits per heavy atom. The van der Waals surface area contributed by atoms with Gasteiger partial charge in [-0.05, 0) is 36.1 Å².